The minimum atomic E-state index is -4.40. The Bertz CT molecular complexity index is 491. The van der Waals surface area contributed by atoms with Gasteiger partial charge in [0.15, 0.2) is 0 Å². The lowest BCUT2D eigenvalue weighted by molar-refractivity contribution is -0.143. The number of halogens is 3. The van der Waals surface area contributed by atoms with Crippen LogP contribution in [0.3, 0.4) is 0 Å². The monoisotopic (exact) mass is 344 g/mol. The predicted molar refractivity (Wildman–Crippen MR) is 76.6 cm³/mol. The van der Waals surface area contributed by atoms with E-state index in [2.05, 4.69) is 4.72 Å². The highest BCUT2D eigenvalue weighted by Gasteiger charge is 2.37. The Labute approximate surface area is 129 Å². The molecule has 0 saturated carbocycles. The van der Waals surface area contributed by atoms with E-state index in [0.717, 1.165) is 0 Å². The maximum Gasteiger partial charge on any atom is 0.389 e. The molecule has 5 nitrogen and oxygen atoms in total. The lowest BCUT2D eigenvalue weighted by Gasteiger charge is -2.22. The summed E-state index contributed by atoms with van der Waals surface area (Å²) in [6.45, 7) is 5.62. The number of carbonyl (C=O) groups excluding carboxylic acids is 1. The number of hydrogen-bond acceptors (Lipinski definition) is 3. The van der Waals surface area contributed by atoms with Gasteiger partial charge in [0.2, 0.25) is 15.9 Å². The average Bonchev–Trinajstić information content (AvgIpc) is 2.67. The van der Waals surface area contributed by atoms with Crippen molar-refractivity contribution in [3.63, 3.8) is 0 Å². The maximum atomic E-state index is 12.4. The highest BCUT2D eigenvalue weighted by molar-refractivity contribution is 7.89. The zero-order chi connectivity index (χ0) is 17.1. The van der Waals surface area contributed by atoms with Crippen LogP contribution < -0.4 is 4.72 Å². The van der Waals surface area contributed by atoms with Crippen LogP contribution in [0.25, 0.3) is 0 Å². The summed E-state index contributed by atoms with van der Waals surface area (Å²) in [7, 11) is -3.93. The standard InChI is InChI=1S/C13H23F3N2O3S/c1-4-10(7-13(14,15)16)8-22(20,21)17-11-5-6-18(9(2)3)12(11)19/h9-11,17H,4-8H2,1-3H3. The Balaban J connectivity index is 2.66. The normalized spacial score (nSPS) is 21.7. The summed E-state index contributed by atoms with van der Waals surface area (Å²) in [5.74, 6) is -1.94. The predicted octanol–water partition coefficient (Wildman–Crippen LogP) is 1.89. The second-order valence-corrected chi connectivity index (χ2v) is 7.76. The van der Waals surface area contributed by atoms with Gasteiger partial charge in [0, 0.05) is 19.0 Å². The van der Waals surface area contributed by atoms with Crippen molar-refractivity contribution in [2.24, 2.45) is 5.92 Å². The van der Waals surface area contributed by atoms with Gasteiger partial charge in [-0.3, -0.25) is 4.79 Å². The molecule has 1 aliphatic rings. The molecule has 2 atom stereocenters. The SMILES string of the molecule is CCC(CC(F)(F)F)CS(=O)(=O)NC1CCN(C(C)C)C1=O. The first-order valence-electron chi connectivity index (χ1n) is 7.32. The van der Waals surface area contributed by atoms with Gasteiger partial charge in [-0.1, -0.05) is 13.3 Å². The number of alkyl halides is 3. The number of rotatable bonds is 7. The summed E-state index contributed by atoms with van der Waals surface area (Å²) >= 11 is 0. The number of amides is 1. The number of carbonyl (C=O) groups is 1. The van der Waals surface area contributed by atoms with Crippen LogP contribution in [0.2, 0.25) is 0 Å². The third kappa shape index (κ3) is 5.75. The van der Waals surface area contributed by atoms with Crippen LogP contribution in [-0.2, 0) is 14.8 Å². The fourth-order valence-corrected chi connectivity index (χ4v) is 4.27. The molecular weight excluding hydrogens is 321 g/mol. The van der Waals surface area contributed by atoms with Gasteiger partial charge in [-0.05, 0) is 26.2 Å². The van der Waals surface area contributed by atoms with Gasteiger partial charge in [0.1, 0.15) is 6.04 Å². The number of nitrogens with zero attached hydrogens (tertiary/aromatic N) is 1. The first-order chi connectivity index (χ1) is 9.95. The average molecular weight is 344 g/mol. The highest BCUT2D eigenvalue weighted by Crippen LogP contribution is 2.27. The van der Waals surface area contributed by atoms with Gasteiger partial charge >= 0.3 is 6.18 Å². The van der Waals surface area contributed by atoms with E-state index >= 15 is 0 Å². The molecule has 0 aromatic carbocycles. The Kier molecular flexibility index (Phi) is 6.26. The van der Waals surface area contributed by atoms with Crippen molar-refractivity contribution in [1.29, 1.82) is 0 Å². The Hall–Kier alpha value is -0.830. The fraction of sp³-hybridized carbons (Fsp3) is 0.923. The van der Waals surface area contributed by atoms with Crippen molar-refractivity contribution in [2.75, 3.05) is 12.3 Å². The Morgan fingerprint density at radius 2 is 1.95 bits per heavy atom. The molecule has 1 fully saturated rings. The molecule has 0 bridgehead atoms. The van der Waals surface area contributed by atoms with Crippen LogP contribution >= 0.6 is 0 Å². The summed E-state index contributed by atoms with van der Waals surface area (Å²) in [4.78, 5) is 13.6. The smallest absolute Gasteiger partial charge is 0.339 e. The zero-order valence-electron chi connectivity index (χ0n) is 13.0. The van der Waals surface area contributed by atoms with Crippen molar-refractivity contribution < 1.29 is 26.4 Å². The molecule has 0 radical (unpaired) electrons. The van der Waals surface area contributed by atoms with Crippen molar-refractivity contribution in [3.05, 3.63) is 0 Å². The molecule has 0 spiro atoms. The quantitative estimate of drug-likeness (QED) is 0.767. The van der Waals surface area contributed by atoms with Gasteiger partial charge in [0.25, 0.3) is 0 Å². The third-order valence-corrected chi connectivity index (χ3v) is 5.29. The number of likely N-dealkylation sites (tertiary alicyclic amines) is 1. The number of sulfonamides is 1. The molecule has 1 amide bonds. The summed E-state index contributed by atoms with van der Waals surface area (Å²) in [5.41, 5.74) is 0. The van der Waals surface area contributed by atoms with Crippen LogP contribution in [0.15, 0.2) is 0 Å². The molecular formula is C13H23F3N2O3S. The van der Waals surface area contributed by atoms with E-state index in [1.807, 2.05) is 13.8 Å². The van der Waals surface area contributed by atoms with E-state index in [9.17, 15) is 26.4 Å². The first kappa shape index (κ1) is 19.2. The molecule has 1 N–H and O–H groups in total. The Morgan fingerprint density at radius 3 is 2.36 bits per heavy atom. The molecule has 1 aliphatic heterocycles. The highest BCUT2D eigenvalue weighted by atomic mass is 32.2. The van der Waals surface area contributed by atoms with Crippen LogP contribution in [0.5, 0.6) is 0 Å². The van der Waals surface area contributed by atoms with Crippen LogP contribution in [-0.4, -0.2) is 49.8 Å². The van der Waals surface area contributed by atoms with Crippen LogP contribution in [0, 0.1) is 5.92 Å². The topological polar surface area (TPSA) is 66.5 Å². The Morgan fingerprint density at radius 1 is 1.36 bits per heavy atom. The van der Waals surface area contributed by atoms with Crippen LogP contribution in [0.1, 0.15) is 40.0 Å². The number of nitrogens with one attached hydrogen (secondary N) is 1. The summed E-state index contributed by atoms with van der Waals surface area (Å²) < 4.78 is 63.5. The molecule has 1 saturated heterocycles. The van der Waals surface area contributed by atoms with Crippen molar-refractivity contribution in [3.8, 4) is 0 Å². The van der Waals surface area contributed by atoms with Gasteiger partial charge in [0.05, 0.1) is 5.75 Å². The molecule has 22 heavy (non-hydrogen) atoms. The van der Waals surface area contributed by atoms with Crippen molar-refractivity contribution in [1.82, 2.24) is 9.62 Å². The minimum Gasteiger partial charge on any atom is -0.339 e. The summed E-state index contributed by atoms with van der Waals surface area (Å²) in [6.07, 6.45) is -5.08. The van der Waals surface area contributed by atoms with Gasteiger partial charge in [-0.25, -0.2) is 13.1 Å². The summed E-state index contributed by atoms with van der Waals surface area (Å²) in [5, 5.41) is 0. The largest absolute Gasteiger partial charge is 0.389 e. The van der Waals surface area contributed by atoms with E-state index in [0.29, 0.717) is 13.0 Å². The molecule has 1 rings (SSSR count). The van der Waals surface area contributed by atoms with Crippen molar-refractivity contribution in [2.45, 2.75) is 58.3 Å². The third-order valence-electron chi connectivity index (χ3n) is 3.74. The van der Waals surface area contributed by atoms with E-state index in [1.165, 1.54) is 6.92 Å². The first-order valence-corrected chi connectivity index (χ1v) is 8.97. The van der Waals surface area contributed by atoms with Gasteiger partial charge in [-0.15, -0.1) is 0 Å². The molecule has 0 aromatic heterocycles. The molecule has 0 aliphatic carbocycles. The molecule has 130 valence electrons. The second-order valence-electron chi connectivity index (χ2n) is 5.96. The van der Waals surface area contributed by atoms with Gasteiger partial charge in [-0.2, -0.15) is 13.2 Å². The number of hydrogen-bond donors (Lipinski definition) is 1. The van der Waals surface area contributed by atoms with E-state index in [4.69, 9.17) is 0 Å². The van der Waals surface area contributed by atoms with E-state index in [-0.39, 0.29) is 18.4 Å². The van der Waals surface area contributed by atoms with Crippen molar-refractivity contribution >= 4 is 15.9 Å². The minimum absolute atomic E-state index is 0.0318. The summed E-state index contributed by atoms with van der Waals surface area (Å²) in [6, 6.07) is -0.897. The molecule has 2 unspecified atom stereocenters. The maximum absolute atomic E-state index is 12.4. The fourth-order valence-electron chi connectivity index (χ4n) is 2.55. The molecule has 9 heteroatoms. The van der Waals surface area contributed by atoms with E-state index in [1.54, 1.807) is 4.90 Å². The second kappa shape index (κ2) is 7.16. The lowest BCUT2D eigenvalue weighted by atomic mass is 10.1. The molecule has 0 aromatic rings. The van der Waals surface area contributed by atoms with E-state index < -0.39 is 40.3 Å². The van der Waals surface area contributed by atoms with Crippen LogP contribution in [0.4, 0.5) is 13.2 Å². The van der Waals surface area contributed by atoms with Gasteiger partial charge < -0.3 is 4.90 Å². The molecule has 1 heterocycles. The zero-order valence-corrected chi connectivity index (χ0v) is 13.8. The lowest BCUT2D eigenvalue weighted by Crippen LogP contribution is -2.44.